The molecule has 0 spiro atoms. The second kappa shape index (κ2) is 10.0. The number of rotatable bonds is 8. The number of likely N-dealkylation sites (tertiary alicyclic amines) is 1. The van der Waals surface area contributed by atoms with Crippen LogP contribution in [0.3, 0.4) is 0 Å². The number of amides is 2. The number of nitrogens with one attached hydrogen (secondary N) is 1. The molecule has 1 fully saturated rings. The van der Waals surface area contributed by atoms with Crippen molar-refractivity contribution in [3.63, 3.8) is 0 Å². The Morgan fingerprint density at radius 2 is 1.93 bits per heavy atom. The molecule has 0 aliphatic carbocycles. The van der Waals surface area contributed by atoms with E-state index in [0.29, 0.717) is 44.6 Å². The SMILES string of the molecule is O=C(NCCOc1ccc(F)cc1)[C@@H]1CCC(=O)N(CCc2cccc(F)c2)C1. The number of carbonyl (C=O) groups is 2. The second-order valence-corrected chi connectivity index (χ2v) is 7.05. The first kappa shape index (κ1) is 20.8. The number of carbonyl (C=O) groups excluding carboxylic acids is 2. The number of halogens is 2. The van der Waals surface area contributed by atoms with Crippen LogP contribution in [0.1, 0.15) is 18.4 Å². The molecule has 2 aromatic carbocycles. The molecule has 0 unspecified atom stereocenters. The number of piperidine rings is 1. The molecule has 1 aliphatic rings. The van der Waals surface area contributed by atoms with Gasteiger partial charge in [0.25, 0.3) is 0 Å². The lowest BCUT2D eigenvalue weighted by Crippen LogP contribution is -2.46. The third kappa shape index (κ3) is 6.27. The Balaban J connectivity index is 1.41. The molecule has 2 amide bonds. The fraction of sp³-hybridized carbons (Fsp3) is 0.364. The Labute approximate surface area is 168 Å². The Kier molecular flexibility index (Phi) is 7.16. The molecule has 1 N–H and O–H groups in total. The van der Waals surface area contributed by atoms with Crippen molar-refractivity contribution in [3.8, 4) is 5.75 Å². The van der Waals surface area contributed by atoms with E-state index in [0.717, 1.165) is 5.56 Å². The van der Waals surface area contributed by atoms with Crippen molar-refractivity contribution in [1.29, 1.82) is 0 Å². The van der Waals surface area contributed by atoms with E-state index in [1.54, 1.807) is 11.0 Å². The first-order chi connectivity index (χ1) is 14.0. The van der Waals surface area contributed by atoms with Gasteiger partial charge in [-0.3, -0.25) is 9.59 Å². The third-order valence-electron chi connectivity index (χ3n) is 4.91. The molecule has 1 aliphatic heterocycles. The van der Waals surface area contributed by atoms with E-state index in [2.05, 4.69) is 5.32 Å². The maximum absolute atomic E-state index is 13.3. The van der Waals surface area contributed by atoms with Crippen LogP contribution in [-0.2, 0) is 16.0 Å². The first-order valence-electron chi connectivity index (χ1n) is 9.69. The summed E-state index contributed by atoms with van der Waals surface area (Å²) in [5.41, 5.74) is 0.822. The van der Waals surface area contributed by atoms with Crippen molar-refractivity contribution in [3.05, 3.63) is 65.7 Å². The molecule has 0 bridgehead atoms. The van der Waals surface area contributed by atoms with Crippen LogP contribution in [0.4, 0.5) is 8.78 Å². The summed E-state index contributed by atoms with van der Waals surface area (Å²) in [6.45, 7) is 1.41. The molecule has 154 valence electrons. The number of hydrogen-bond donors (Lipinski definition) is 1. The largest absolute Gasteiger partial charge is 0.492 e. The van der Waals surface area contributed by atoms with Gasteiger partial charge in [0.05, 0.1) is 12.5 Å². The zero-order chi connectivity index (χ0) is 20.6. The highest BCUT2D eigenvalue weighted by Gasteiger charge is 2.29. The molecule has 2 aromatic rings. The van der Waals surface area contributed by atoms with Gasteiger partial charge in [-0.1, -0.05) is 12.1 Å². The highest BCUT2D eigenvalue weighted by atomic mass is 19.1. The normalized spacial score (nSPS) is 16.6. The van der Waals surface area contributed by atoms with Crippen LogP contribution >= 0.6 is 0 Å². The summed E-state index contributed by atoms with van der Waals surface area (Å²) in [6.07, 6.45) is 1.39. The average molecular weight is 402 g/mol. The fourth-order valence-corrected chi connectivity index (χ4v) is 3.32. The number of hydrogen-bond acceptors (Lipinski definition) is 3. The minimum atomic E-state index is -0.334. The molecule has 1 atom stereocenters. The highest BCUT2D eigenvalue weighted by Crippen LogP contribution is 2.18. The van der Waals surface area contributed by atoms with Crippen molar-refractivity contribution >= 4 is 11.8 Å². The fourth-order valence-electron chi connectivity index (χ4n) is 3.32. The van der Waals surface area contributed by atoms with E-state index in [4.69, 9.17) is 4.74 Å². The van der Waals surface area contributed by atoms with Crippen molar-refractivity contribution in [2.75, 3.05) is 26.2 Å². The van der Waals surface area contributed by atoms with Crippen LogP contribution in [0.5, 0.6) is 5.75 Å². The predicted molar refractivity (Wildman–Crippen MR) is 104 cm³/mol. The third-order valence-corrected chi connectivity index (χ3v) is 4.91. The number of ether oxygens (including phenoxy) is 1. The Bertz CT molecular complexity index is 842. The van der Waals surface area contributed by atoms with E-state index in [9.17, 15) is 18.4 Å². The summed E-state index contributed by atoms with van der Waals surface area (Å²) in [4.78, 5) is 26.3. The van der Waals surface area contributed by atoms with Gasteiger partial charge in [-0.25, -0.2) is 8.78 Å². The summed E-state index contributed by atoms with van der Waals surface area (Å²) < 4.78 is 31.6. The molecule has 0 aromatic heterocycles. The molecule has 1 heterocycles. The zero-order valence-corrected chi connectivity index (χ0v) is 16.1. The highest BCUT2D eigenvalue weighted by molar-refractivity contribution is 5.83. The topological polar surface area (TPSA) is 58.6 Å². The smallest absolute Gasteiger partial charge is 0.225 e. The van der Waals surface area contributed by atoms with Crippen molar-refractivity contribution < 1.29 is 23.1 Å². The van der Waals surface area contributed by atoms with Gasteiger partial charge in [-0.15, -0.1) is 0 Å². The van der Waals surface area contributed by atoms with Gasteiger partial charge in [0.2, 0.25) is 11.8 Å². The molecule has 0 saturated carbocycles. The molecular formula is C22H24F2N2O3. The average Bonchev–Trinajstić information content (AvgIpc) is 2.72. The van der Waals surface area contributed by atoms with Crippen LogP contribution < -0.4 is 10.1 Å². The molecular weight excluding hydrogens is 378 g/mol. The predicted octanol–water partition coefficient (Wildman–Crippen LogP) is 2.94. The monoisotopic (exact) mass is 402 g/mol. The standard InChI is InChI=1S/C22H24F2N2O3/c23-18-5-7-20(8-6-18)29-13-11-25-22(28)17-4-9-21(27)26(15-17)12-10-16-2-1-3-19(24)14-16/h1-3,5-8,14,17H,4,9-13,15H2,(H,25,28)/t17-/m1/s1. The van der Waals surface area contributed by atoms with Crippen LogP contribution in [-0.4, -0.2) is 43.0 Å². The summed E-state index contributed by atoms with van der Waals surface area (Å²) >= 11 is 0. The molecule has 7 heteroatoms. The van der Waals surface area contributed by atoms with Crippen LogP contribution in [0.2, 0.25) is 0 Å². The number of nitrogens with zero attached hydrogens (tertiary/aromatic N) is 1. The summed E-state index contributed by atoms with van der Waals surface area (Å²) in [7, 11) is 0. The summed E-state index contributed by atoms with van der Waals surface area (Å²) in [5, 5.41) is 2.83. The van der Waals surface area contributed by atoms with Gasteiger partial charge in [-0.05, 0) is 54.8 Å². The second-order valence-electron chi connectivity index (χ2n) is 7.05. The maximum atomic E-state index is 13.3. The minimum Gasteiger partial charge on any atom is -0.492 e. The zero-order valence-electron chi connectivity index (χ0n) is 16.1. The van der Waals surface area contributed by atoms with Crippen LogP contribution in [0.25, 0.3) is 0 Å². The van der Waals surface area contributed by atoms with E-state index in [1.165, 1.54) is 36.4 Å². The van der Waals surface area contributed by atoms with Gasteiger partial charge >= 0.3 is 0 Å². The lowest BCUT2D eigenvalue weighted by molar-refractivity contribution is -0.138. The van der Waals surface area contributed by atoms with Gasteiger partial charge in [0.1, 0.15) is 24.0 Å². The molecule has 0 radical (unpaired) electrons. The molecule has 29 heavy (non-hydrogen) atoms. The van der Waals surface area contributed by atoms with Gasteiger partial charge in [0.15, 0.2) is 0 Å². The van der Waals surface area contributed by atoms with E-state index >= 15 is 0 Å². The van der Waals surface area contributed by atoms with Gasteiger partial charge in [-0.2, -0.15) is 0 Å². The quantitative estimate of drug-likeness (QED) is 0.691. The van der Waals surface area contributed by atoms with E-state index in [-0.39, 0.29) is 36.0 Å². The van der Waals surface area contributed by atoms with E-state index in [1.807, 2.05) is 6.07 Å². The van der Waals surface area contributed by atoms with Gasteiger partial charge < -0.3 is 15.0 Å². The Hall–Kier alpha value is -2.96. The van der Waals surface area contributed by atoms with Crippen LogP contribution in [0, 0.1) is 17.6 Å². The summed E-state index contributed by atoms with van der Waals surface area (Å²) in [5.74, 6) is -0.466. The lowest BCUT2D eigenvalue weighted by atomic mass is 9.96. The molecule has 5 nitrogen and oxygen atoms in total. The first-order valence-corrected chi connectivity index (χ1v) is 9.69. The van der Waals surface area contributed by atoms with Crippen molar-refractivity contribution in [2.45, 2.75) is 19.3 Å². The minimum absolute atomic E-state index is 0.0186. The van der Waals surface area contributed by atoms with Crippen LogP contribution in [0.15, 0.2) is 48.5 Å². The Morgan fingerprint density at radius 1 is 1.14 bits per heavy atom. The van der Waals surface area contributed by atoms with E-state index < -0.39 is 0 Å². The lowest BCUT2D eigenvalue weighted by Gasteiger charge is -2.32. The Morgan fingerprint density at radius 3 is 2.69 bits per heavy atom. The van der Waals surface area contributed by atoms with Crippen molar-refractivity contribution in [2.24, 2.45) is 5.92 Å². The molecule has 1 saturated heterocycles. The van der Waals surface area contributed by atoms with Crippen molar-refractivity contribution in [1.82, 2.24) is 10.2 Å². The maximum Gasteiger partial charge on any atom is 0.225 e. The molecule has 3 rings (SSSR count). The summed E-state index contributed by atoms with van der Waals surface area (Å²) in [6, 6.07) is 12.0. The van der Waals surface area contributed by atoms with Gasteiger partial charge in [0, 0.05) is 19.5 Å². The number of benzene rings is 2.